The first-order valence-electron chi connectivity index (χ1n) is 10.5. The third-order valence-corrected chi connectivity index (χ3v) is 5.85. The maximum absolute atomic E-state index is 11.9. The van der Waals surface area contributed by atoms with E-state index in [0.29, 0.717) is 0 Å². The molecule has 2 aromatic rings. The van der Waals surface area contributed by atoms with Gasteiger partial charge in [-0.15, -0.1) is 0 Å². The van der Waals surface area contributed by atoms with Gasteiger partial charge in [-0.05, 0) is 47.7 Å². The first-order valence-corrected chi connectivity index (χ1v) is 10.5. The molecule has 1 unspecified atom stereocenters. The number of hydrogen-bond donors (Lipinski definition) is 1. The van der Waals surface area contributed by atoms with Crippen molar-refractivity contribution in [3.63, 3.8) is 0 Å². The molecular formula is C24H31N3O2. The summed E-state index contributed by atoms with van der Waals surface area (Å²) in [5.41, 5.74) is 4.85. The van der Waals surface area contributed by atoms with Crippen LogP contribution >= 0.6 is 0 Å². The van der Waals surface area contributed by atoms with Gasteiger partial charge in [0.05, 0.1) is 5.69 Å². The molecule has 2 aromatic carbocycles. The summed E-state index contributed by atoms with van der Waals surface area (Å²) >= 11 is 0. The topological polar surface area (TPSA) is 44.8 Å². The number of ether oxygens (including phenoxy) is 1. The molecular weight excluding hydrogens is 362 g/mol. The zero-order valence-corrected chi connectivity index (χ0v) is 17.9. The molecule has 4 rings (SSSR count). The number of carbonyl (C=O) groups is 1. The van der Waals surface area contributed by atoms with Gasteiger partial charge in [-0.25, -0.2) is 0 Å². The number of benzene rings is 2. The van der Waals surface area contributed by atoms with Crippen molar-refractivity contribution in [1.29, 1.82) is 0 Å². The number of anilines is 2. The van der Waals surface area contributed by atoms with Crippen molar-refractivity contribution < 1.29 is 9.53 Å². The van der Waals surface area contributed by atoms with Crippen LogP contribution in [0.4, 0.5) is 11.4 Å². The Hall–Kier alpha value is -2.53. The number of piperazine rings is 1. The van der Waals surface area contributed by atoms with Gasteiger partial charge >= 0.3 is 0 Å². The molecule has 2 aliphatic heterocycles. The van der Waals surface area contributed by atoms with Crippen LogP contribution in [0.5, 0.6) is 5.75 Å². The SMILES string of the molecule is CC1Oc2ccc(CN3CCN(c4ccc(C(C)(C)C)cc4)CC3)cc2NC1=O. The molecule has 1 atom stereocenters. The highest BCUT2D eigenvalue weighted by Gasteiger charge is 2.24. The maximum atomic E-state index is 11.9. The number of fused-ring (bicyclic) bond motifs is 1. The first kappa shape index (κ1) is 19.8. The average molecular weight is 394 g/mol. The van der Waals surface area contributed by atoms with Crippen LogP contribution in [0.15, 0.2) is 42.5 Å². The van der Waals surface area contributed by atoms with Crippen LogP contribution < -0.4 is 15.0 Å². The van der Waals surface area contributed by atoms with E-state index in [-0.39, 0.29) is 11.3 Å². The fraction of sp³-hybridized carbons (Fsp3) is 0.458. The van der Waals surface area contributed by atoms with Gasteiger partial charge in [0.15, 0.2) is 6.10 Å². The van der Waals surface area contributed by atoms with Crippen LogP contribution in [0, 0.1) is 0 Å². The van der Waals surface area contributed by atoms with Crippen LogP contribution in [-0.2, 0) is 16.8 Å². The number of nitrogens with one attached hydrogen (secondary N) is 1. The standard InChI is InChI=1S/C24H31N3O2/c1-17-23(28)25-21-15-18(5-10-22(21)29-17)16-26-11-13-27(14-12-26)20-8-6-19(7-9-20)24(2,3)4/h5-10,15,17H,11-14,16H2,1-4H3,(H,25,28). The summed E-state index contributed by atoms with van der Waals surface area (Å²) in [7, 11) is 0. The van der Waals surface area contributed by atoms with Crippen molar-refractivity contribution in [2.24, 2.45) is 0 Å². The Labute approximate surface area is 173 Å². The van der Waals surface area contributed by atoms with Gasteiger partial charge in [-0.1, -0.05) is 39.0 Å². The molecule has 2 aliphatic rings. The number of carbonyl (C=O) groups excluding carboxylic acids is 1. The summed E-state index contributed by atoms with van der Waals surface area (Å²) in [5, 5.41) is 2.94. The minimum absolute atomic E-state index is 0.0826. The van der Waals surface area contributed by atoms with E-state index in [2.05, 4.69) is 66.2 Å². The molecule has 0 radical (unpaired) electrons. The zero-order chi connectivity index (χ0) is 20.6. The quantitative estimate of drug-likeness (QED) is 0.855. The maximum Gasteiger partial charge on any atom is 0.265 e. The van der Waals surface area contributed by atoms with E-state index in [1.807, 2.05) is 12.1 Å². The largest absolute Gasteiger partial charge is 0.479 e. The molecule has 1 saturated heterocycles. The Kier molecular flexibility index (Phi) is 5.26. The number of nitrogens with zero attached hydrogens (tertiary/aromatic N) is 2. The smallest absolute Gasteiger partial charge is 0.265 e. The monoisotopic (exact) mass is 393 g/mol. The highest BCUT2D eigenvalue weighted by Crippen LogP contribution is 2.31. The van der Waals surface area contributed by atoms with Gasteiger partial charge in [0.1, 0.15) is 5.75 Å². The third kappa shape index (κ3) is 4.40. The summed E-state index contributed by atoms with van der Waals surface area (Å²) in [4.78, 5) is 16.8. The van der Waals surface area contributed by atoms with Crippen molar-refractivity contribution >= 4 is 17.3 Å². The molecule has 1 N–H and O–H groups in total. The summed E-state index contributed by atoms with van der Waals surface area (Å²) in [6, 6.07) is 15.1. The summed E-state index contributed by atoms with van der Waals surface area (Å²) in [6.07, 6.45) is -0.432. The van der Waals surface area contributed by atoms with Crippen molar-refractivity contribution in [1.82, 2.24) is 4.90 Å². The summed E-state index contributed by atoms with van der Waals surface area (Å²) in [6.45, 7) is 13.5. The van der Waals surface area contributed by atoms with E-state index in [9.17, 15) is 4.79 Å². The minimum atomic E-state index is -0.432. The predicted molar refractivity (Wildman–Crippen MR) is 118 cm³/mol. The number of hydrogen-bond acceptors (Lipinski definition) is 4. The van der Waals surface area contributed by atoms with Gasteiger partial charge in [-0.3, -0.25) is 9.69 Å². The first-order chi connectivity index (χ1) is 13.8. The molecule has 0 aliphatic carbocycles. The molecule has 2 heterocycles. The zero-order valence-electron chi connectivity index (χ0n) is 17.9. The fourth-order valence-corrected chi connectivity index (χ4v) is 3.95. The lowest BCUT2D eigenvalue weighted by Crippen LogP contribution is -2.46. The molecule has 29 heavy (non-hydrogen) atoms. The molecule has 5 heteroatoms. The highest BCUT2D eigenvalue weighted by atomic mass is 16.5. The Morgan fingerprint density at radius 2 is 1.72 bits per heavy atom. The predicted octanol–water partition coefficient (Wildman–Crippen LogP) is 4.03. The summed E-state index contributed by atoms with van der Waals surface area (Å²) < 4.78 is 5.65. The lowest BCUT2D eigenvalue weighted by atomic mass is 9.87. The lowest BCUT2D eigenvalue weighted by Gasteiger charge is -2.36. The Morgan fingerprint density at radius 1 is 1.03 bits per heavy atom. The average Bonchev–Trinajstić information content (AvgIpc) is 2.69. The minimum Gasteiger partial charge on any atom is -0.479 e. The van der Waals surface area contributed by atoms with Crippen molar-refractivity contribution in [3.8, 4) is 5.75 Å². The second-order valence-corrected chi connectivity index (χ2v) is 9.14. The van der Waals surface area contributed by atoms with Crippen LogP contribution in [-0.4, -0.2) is 43.1 Å². The van der Waals surface area contributed by atoms with E-state index < -0.39 is 6.10 Å². The van der Waals surface area contributed by atoms with Gasteiger partial charge in [0.25, 0.3) is 5.91 Å². The van der Waals surface area contributed by atoms with Crippen LogP contribution in [0.1, 0.15) is 38.8 Å². The Balaban J connectivity index is 1.35. The third-order valence-electron chi connectivity index (χ3n) is 5.85. The van der Waals surface area contributed by atoms with Gasteiger partial charge in [-0.2, -0.15) is 0 Å². The van der Waals surface area contributed by atoms with E-state index >= 15 is 0 Å². The van der Waals surface area contributed by atoms with Gasteiger partial charge in [0.2, 0.25) is 0 Å². The highest BCUT2D eigenvalue weighted by molar-refractivity contribution is 5.97. The van der Waals surface area contributed by atoms with Crippen LogP contribution in [0.2, 0.25) is 0 Å². The van der Waals surface area contributed by atoms with E-state index in [1.165, 1.54) is 16.8 Å². The van der Waals surface area contributed by atoms with E-state index in [4.69, 9.17) is 4.74 Å². The fourth-order valence-electron chi connectivity index (χ4n) is 3.95. The molecule has 0 aromatic heterocycles. The summed E-state index contributed by atoms with van der Waals surface area (Å²) in [5.74, 6) is 0.671. The van der Waals surface area contributed by atoms with Crippen molar-refractivity contribution in [2.45, 2.75) is 45.8 Å². The molecule has 1 amide bonds. The van der Waals surface area contributed by atoms with Crippen molar-refractivity contribution in [2.75, 3.05) is 36.4 Å². The molecule has 0 bridgehead atoms. The molecule has 5 nitrogen and oxygen atoms in total. The molecule has 154 valence electrons. The second kappa shape index (κ2) is 7.71. The van der Waals surface area contributed by atoms with Crippen LogP contribution in [0.3, 0.4) is 0 Å². The normalized spacial score (nSPS) is 20.1. The van der Waals surface area contributed by atoms with Gasteiger partial charge in [0, 0.05) is 38.4 Å². The van der Waals surface area contributed by atoms with Crippen molar-refractivity contribution in [3.05, 3.63) is 53.6 Å². The van der Waals surface area contributed by atoms with Gasteiger partial charge < -0.3 is 15.0 Å². The number of rotatable bonds is 3. The van der Waals surface area contributed by atoms with Crippen LogP contribution in [0.25, 0.3) is 0 Å². The molecule has 0 saturated carbocycles. The second-order valence-electron chi connectivity index (χ2n) is 9.14. The molecule has 0 spiro atoms. The Morgan fingerprint density at radius 3 is 2.38 bits per heavy atom. The lowest BCUT2D eigenvalue weighted by molar-refractivity contribution is -0.122. The van der Waals surface area contributed by atoms with E-state index in [0.717, 1.165) is 44.2 Å². The van der Waals surface area contributed by atoms with E-state index in [1.54, 1.807) is 6.92 Å². The number of amides is 1. The Bertz CT molecular complexity index is 878. The molecule has 1 fully saturated rings.